The van der Waals surface area contributed by atoms with Gasteiger partial charge in [-0.25, -0.2) is 4.79 Å². The molecule has 1 saturated heterocycles. The molecule has 2 heterocycles. The zero-order valence-electron chi connectivity index (χ0n) is 15.0. The van der Waals surface area contributed by atoms with E-state index in [4.69, 9.17) is 4.74 Å². The number of hydrogen-bond donors (Lipinski definition) is 2. The average Bonchev–Trinajstić information content (AvgIpc) is 3.09. The fourth-order valence-corrected chi connectivity index (χ4v) is 3.75. The number of benzene rings is 1. The van der Waals surface area contributed by atoms with Crippen molar-refractivity contribution in [2.45, 2.75) is 25.8 Å². The minimum Gasteiger partial charge on any atom is -0.495 e. The van der Waals surface area contributed by atoms with E-state index in [9.17, 15) is 9.59 Å². The minimum absolute atomic E-state index is 0.0278. The lowest BCUT2D eigenvalue weighted by molar-refractivity contribution is 0.0923. The van der Waals surface area contributed by atoms with Crippen molar-refractivity contribution in [1.82, 2.24) is 10.2 Å². The number of aryl methyl sites for hydroxylation is 1. The lowest BCUT2D eigenvalue weighted by Gasteiger charge is -2.32. The number of methoxy groups -OCH3 is 1. The van der Waals surface area contributed by atoms with Crippen molar-refractivity contribution in [3.63, 3.8) is 0 Å². The summed E-state index contributed by atoms with van der Waals surface area (Å²) >= 11 is 1.50. The highest BCUT2D eigenvalue weighted by Gasteiger charge is 2.25. The van der Waals surface area contributed by atoms with Crippen molar-refractivity contribution in [3.05, 3.63) is 46.2 Å². The summed E-state index contributed by atoms with van der Waals surface area (Å²) in [5, 5.41) is 5.96. The van der Waals surface area contributed by atoms with Crippen LogP contribution in [-0.4, -0.2) is 43.1 Å². The van der Waals surface area contributed by atoms with Gasteiger partial charge in [0.05, 0.1) is 17.7 Å². The Bertz CT molecular complexity index is 782. The maximum absolute atomic E-state index is 12.5. The molecule has 0 atom stereocenters. The van der Waals surface area contributed by atoms with Crippen LogP contribution in [0.5, 0.6) is 5.75 Å². The van der Waals surface area contributed by atoms with Gasteiger partial charge in [-0.2, -0.15) is 0 Å². The maximum atomic E-state index is 12.5. The van der Waals surface area contributed by atoms with Crippen LogP contribution in [0.15, 0.2) is 36.4 Å². The fourth-order valence-electron chi connectivity index (χ4n) is 2.98. The molecule has 1 aromatic carbocycles. The molecule has 26 heavy (non-hydrogen) atoms. The summed E-state index contributed by atoms with van der Waals surface area (Å²) < 4.78 is 5.26. The Morgan fingerprint density at radius 3 is 2.54 bits per heavy atom. The number of urea groups is 1. The lowest BCUT2D eigenvalue weighted by atomic mass is 10.1. The topological polar surface area (TPSA) is 70.7 Å². The number of anilines is 1. The number of carbonyl (C=O) groups is 2. The summed E-state index contributed by atoms with van der Waals surface area (Å²) in [7, 11) is 1.58. The van der Waals surface area contributed by atoms with E-state index >= 15 is 0 Å². The van der Waals surface area contributed by atoms with Crippen LogP contribution >= 0.6 is 11.3 Å². The van der Waals surface area contributed by atoms with Crippen LogP contribution in [-0.2, 0) is 0 Å². The predicted molar refractivity (Wildman–Crippen MR) is 103 cm³/mol. The number of hydrogen-bond acceptors (Lipinski definition) is 4. The van der Waals surface area contributed by atoms with Gasteiger partial charge in [-0.05, 0) is 44.0 Å². The Kier molecular flexibility index (Phi) is 5.78. The van der Waals surface area contributed by atoms with E-state index in [0.717, 1.165) is 22.6 Å². The second-order valence-electron chi connectivity index (χ2n) is 6.28. The molecule has 1 aliphatic heterocycles. The van der Waals surface area contributed by atoms with Gasteiger partial charge in [0.2, 0.25) is 0 Å². The van der Waals surface area contributed by atoms with Crippen LogP contribution in [0.2, 0.25) is 0 Å². The number of rotatable bonds is 4. The van der Waals surface area contributed by atoms with Crippen LogP contribution in [0, 0.1) is 6.92 Å². The van der Waals surface area contributed by atoms with Crippen LogP contribution in [0.1, 0.15) is 27.4 Å². The number of likely N-dealkylation sites (tertiary alicyclic amines) is 1. The predicted octanol–water partition coefficient (Wildman–Crippen LogP) is 3.49. The van der Waals surface area contributed by atoms with Gasteiger partial charge in [0, 0.05) is 24.0 Å². The van der Waals surface area contributed by atoms with Gasteiger partial charge in [-0.3, -0.25) is 4.79 Å². The summed E-state index contributed by atoms with van der Waals surface area (Å²) in [4.78, 5) is 28.3. The van der Waals surface area contributed by atoms with Crippen molar-refractivity contribution in [2.24, 2.45) is 0 Å². The van der Waals surface area contributed by atoms with Gasteiger partial charge >= 0.3 is 6.03 Å². The molecule has 0 saturated carbocycles. The first kappa shape index (κ1) is 18.3. The maximum Gasteiger partial charge on any atom is 0.321 e. The van der Waals surface area contributed by atoms with Crippen LogP contribution in [0.4, 0.5) is 10.5 Å². The fraction of sp³-hybridized carbons (Fsp3) is 0.368. The zero-order valence-corrected chi connectivity index (χ0v) is 15.8. The minimum atomic E-state index is -0.145. The molecule has 3 rings (SSSR count). The third-order valence-electron chi connectivity index (χ3n) is 4.43. The number of thiophene rings is 1. The molecule has 7 heteroatoms. The monoisotopic (exact) mass is 373 g/mol. The molecule has 1 aromatic heterocycles. The Balaban J connectivity index is 1.50. The first-order valence-corrected chi connectivity index (χ1v) is 9.44. The number of carbonyl (C=O) groups excluding carboxylic acids is 2. The highest BCUT2D eigenvalue weighted by atomic mass is 32.1. The first-order valence-electron chi connectivity index (χ1n) is 8.63. The quantitative estimate of drug-likeness (QED) is 0.862. The molecule has 1 aliphatic rings. The average molecular weight is 373 g/mol. The van der Waals surface area contributed by atoms with Gasteiger partial charge in [-0.1, -0.05) is 12.1 Å². The van der Waals surface area contributed by atoms with Crippen molar-refractivity contribution < 1.29 is 14.3 Å². The zero-order chi connectivity index (χ0) is 18.5. The molecule has 2 aromatic rings. The van der Waals surface area contributed by atoms with E-state index in [2.05, 4.69) is 10.6 Å². The van der Waals surface area contributed by atoms with E-state index in [1.165, 1.54) is 11.3 Å². The highest BCUT2D eigenvalue weighted by molar-refractivity contribution is 7.13. The smallest absolute Gasteiger partial charge is 0.321 e. The van der Waals surface area contributed by atoms with Gasteiger partial charge in [-0.15, -0.1) is 11.3 Å². The Morgan fingerprint density at radius 1 is 1.15 bits per heavy atom. The number of nitrogens with zero attached hydrogens (tertiary/aromatic N) is 1. The standard InChI is InChI=1S/C19H23N3O3S/c1-13-7-8-17(26-13)18(23)20-14-9-11-22(12-10-14)19(24)21-15-5-3-4-6-16(15)25-2/h3-8,14H,9-12H2,1-2H3,(H,20,23)(H,21,24). The third-order valence-corrected chi connectivity index (χ3v) is 5.43. The van der Waals surface area contributed by atoms with Gasteiger partial charge in [0.15, 0.2) is 0 Å². The van der Waals surface area contributed by atoms with E-state index in [-0.39, 0.29) is 18.0 Å². The molecular weight excluding hydrogens is 350 g/mol. The second-order valence-corrected chi connectivity index (χ2v) is 7.56. The van der Waals surface area contributed by atoms with Crippen molar-refractivity contribution >= 4 is 29.0 Å². The highest BCUT2D eigenvalue weighted by Crippen LogP contribution is 2.24. The second kappa shape index (κ2) is 8.23. The van der Waals surface area contributed by atoms with E-state index in [1.807, 2.05) is 43.3 Å². The van der Waals surface area contributed by atoms with Crippen LogP contribution < -0.4 is 15.4 Å². The van der Waals surface area contributed by atoms with Crippen molar-refractivity contribution in [2.75, 3.05) is 25.5 Å². The van der Waals surface area contributed by atoms with Crippen molar-refractivity contribution in [3.8, 4) is 5.75 Å². The number of amides is 3. The van der Waals surface area contributed by atoms with Crippen LogP contribution in [0.3, 0.4) is 0 Å². The Labute approximate surface area is 157 Å². The molecule has 0 radical (unpaired) electrons. The van der Waals surface area contributed by atoms with E-state index in [1.54, 1.807) is 12.0 Å². The molecule has 6 nitrogen and oxygen atoms in total. The normalized spacial score (nSPS) is 14.8. The largest absolute Gasteiger partial charge is 0.495 e. The Morgan fingerprint density at radius 2 is 1.88 bits per heavy atom. The number of ether oxygens (including phenoxy) is 1. The van der Waals surface area contributed by atoms with E-state index < -0.39 is 0 Å². The summed E-state index contributed by atoms with van der Waals surface area (Å²) in [6, 6.07) is 11.1. The molecule has 0 aliphatic carbocycles. The first-order chi connectivity index (χ1) is 12.6. The van der Waals surface area contributed by atoms with Gasteiger partial charge in [0.25, 0.3) is 5.91 Å². The summed E-state index contributed by atoms with van der Waals surface area (Å²) in [6.45, 7) is 3.20. The molecule has 1 fully saturated rings. The number of piperidine rings is 1. The summed E-state index contributed by atoms with van der Waals surface area (Å²) in [5.74, 6) is 0.606. The molecule has 0 bridgehead atoms. The SMILES string of the molecule is COc1ccccc1NC(=O)N1CCC(NC(=O)c2ccc(C)s2)CC1. The number of para-hydroxylation sites is 2. The molecular formula is C19H23N3O3S. The molecule has 0 spiro atoms. The van der Waals surface area contributed by atoms with Crippen LogP contribution in [0.25, 0.3) is 0 Å². The summed E-state index contributed by atoms with van der Waals surface area (Å²) in [5.41, 5.74) is 0.656. The molecule has 138 valence electrons. The lowest BCUT2D eigenvalue weighted by Crippen LogP contribution is -2.47. The van der Waals surface area contributed by atoms with Gasteiger partial charge in [0.1, 0.15) is 5.75 Å². The molecule has 3 amide bonds. The molecule has 2 N–H and O–H groups in total. The van der Waals surface area contributed by atoms with Crippen molar-refractivity contribution in [1.29, 1.82) is 0 Å². The number of nitrogens with one attached hydrogen (secondary N) is 2. The summed E-state index contributed by atoms with van der Waals surface area (Å²) in [6.07, 6.45) is 1.49. The Hall–Kier alpha value is -2.54. The van der Waals surface area contributed by atoms with Gasteiger partial charge < -0.3 is 20.3 Å². The van der Waals surface area contributed by atoms with E-state index in [0.29, 0.717) is 24.5 Å². The molecule has 0 unspecified atom stereocenters. The third kappa shape index (κ3) is 4.35.